The standard InChI is InChI=1S/C15H21N/c1-3-15(9-10-15)12-16-11-13(2)14-7-5-4-6-8-14/h4-8,16H,2-3,9-12H2,1H3. The molecule has 0 unspecified atom stereocenters. The summed E-state index contributed by atoms with van der Waals surface area (Å²) >= 11 is 0. The van der Waals surface area contributed by atoms with E-state index < -0.39 is 0 Å². The zero-order valence-electron chi connectivity index (χ0n) is 10.1. The van der Waals surface area contributed by atoms with Gasteiger partial charge in [-0.3, -0.25) is 0 Å². The first kappa shape index (κ1) is 11.4. The van der Waals surface area contributed by atoms with Crippen molar-refractivity contribution in [2.24, 2.45) is 5.41 Å². The highest BCUT2D eigenvalue weighted by molar-refractivity contribution is 5.64. The molecule has 0 atom stereocenters. The van der Waals surface area contributed by atoms with Crippen LogP contribution < -0.4 is 5.32 Å². The van der Waals surface area contributed by atoms with E-state index in [2.05, 4.69) is 43.1 Å². The first-order valence-electron chi connectivity index (χ1n) is 6.20. The van der Waals surface area contributed by atoms with Crippen molar-refractivity contribution >= 4 is 5.57 Å². The van der Waals surface area contributed by atoms with Gasteiger partial charge >= 0.3 is 0 Å². The lowest BCUT2D eigenvalue weighted by atomic mass is 10.0. The maximum absolute atomic E-state index is 4.13. The van der Waals surface area contributed by atoms with Gasteiger partial charge in [-0.05, 0) is 35.8 Å². The molecule has 0 radical (unpaired) electrons. The second-order valence-electron chi connectivity index (χ2n) is 4.93. The molecule has 1 aromatic carbocycles. The molecule has 0 bridgehead atoms. The normalized spacial score (nSPS) is 17.1. The Morgan fingerprint density at radius 2 is 2.00 bits per heavy atom. The van der Waals surface area contributed by atoms with Gasteiger partial charge in [0.2, 0.25) is 0 Å². The van der Waals surface area contributed by atoms with Gasteiger partial charge < -0.3 is 5.32 Å². The number of nitrogens with one attached hydrogen (secondary N) is 1. The quantitative estimate of drug-likeness (QED) is 0.766. The van der Waals surface area contributed by atoms with Crippen LogP contribution in [0.5, 0.6) is 0 Å². The average Bonchev–Trinajstić information content (AvgIpc) is 3.11. The van der Waals surface area contributed by atoms with Crippen molar-refractivity contribution in [3.05, 3.63) is 42.5 Å². The number of hydrogen-bond donors (Lipinski definition) is 1. The van der Waals surface area contributed by atoms with Gasteiger partial charge in [0, 0.05) is 13.1 Å². The molecule has 0 amide bonds. The van der Waals surface area contributed by atoms with Crippen molar-refractivity contribution in [3.63, 3.8) is 0 Å². The van der Waals surface area contributed by atoms with E-state index >= 15 is 0 Å². The summed E-state index contributed by atoms with van der Waals surface area (Å²) in [6.45, 7) is 8.48. The van der Waals surface area contributed by atoms with Crippen LogP contribution in [0.2, 0.25) is 0 Å². The third-order valence-corrected chi connectivity index (χ3v) is 3.73. The lowest BCUT2D eigenvalue weighted by molar-refractivity contribution is 0.457. The highest BCUT2D eigenvalue weighted by atomic mass is 14.9. The second kappa shape index (κ2) is 4.84. The van der Waals surface area contributed by atoms with Gasteiger partial charge in [0.05, 0.1) is 0 Å². The van der Waals surface area contributed by atoms with E-state index in [1.165, 1.54) is 30.4 Å². The van der Waals surface area contributed by atoms with Crippen LogP contribution >= 0.6 is 0 Å². The third-order valence-electron chi connectivity index (χ3n) is 3.73. The fraction of sp³-hybridized carbons (Fsp3) is 0.467. The Bertz CT molecular complexity index is 349. The molecule has 0 aliphatic heterocycles. The van der Waals surface area contributed by atoms with Crippen LogP contribution in [0, 0.1) is 5.41 Å². The van der Waals surface area contributed by atoms with Crippen molar-refractivity contribution in [1.29, 1.82) is 0 Å². The highest BCUT2D eigenvalue weighted by Gasteiger charge is 2.39. The van der Waals surface area contributed by atoms with Crippen LogP contribution in [0.1, 0.15) is 31.7 Å². The van der Waals surface area contributed by atoms with Crippen molar-refractivity contribution < 1.29 is 0 Å². The largest absolute Gasteiger partial charge is 0.312 e. The lowest BCUT2D eigenvalue weighted by Crippen LogP contribution is -2.25. The highest BCUT2D eigenvalue weighted by Crippen LogP contribution is 2.47. The molecule has 1 aromatic rings. The van der Waals surface area contributed by atoms with Gasteiger partial charge in [-0.25, -0.2) is 0 Å². The number of hydrogen-bond acceptors (Lipinski definition) is 1. The molecule has 1 fully saturated rings. The SMILES string of the molecule is C=C(CNCC1(CC)CC1)c1ccccc1. The van der Waals surface area contributed by atoms with Crippen molar-refractivity contribution in [3.8, 4) is 0 Å². The lowest BCUT2D eigenvalue weighted by Gasteiger charge is -2.14. The van der Waals surface area contributed by atoms with Crippen molar-refractivity contribution in [2.75, 3.05) is 13.1 Å². The van der Waals surface area contributed by atoms with Crippen LogP contribution in [0.3, 0.4) is 0 Å². The van der Waals surface area contributed by atoms with Crippen LogP contribution in [0.25, 0.3) is 5.57 Å². The van der Waals surface area contributed by atoms with Gasteiger partial charge in [-0.2, -0.15) is 0 Å². The molecule has 0 aromatic heterocycles. The molecule has 1 aliphatic rings. The Balaban J connectivity index is 1.76. The minimum absolute atomic E-state index is 0.622. The molecule has 1 nitrogen and oxygen atoms in total. The Morgan fingerprint density at radius 1 is 1.31 bits per heavy atom. The summed E-state index contributed by atoms with van der Waals surface area (Å²) < 4.78 is 0. The van der Waals surface area contributed by atoms with Gasteiger partial charge in [0.1, 0.15) is 0 Å². The zero-order valence-corrected chi connectivity index (χ0v) is 10.1. The first-order valence-corrected chi connectivity index (χ1v) is 6.20. The summed E-state index contributed by atoms with van der Waals surface area (Å²) in [4.78, 5) is 0. The Morgan fingerprint density at radius 3 is 2.56 bits per heavy atom. The van der Waals surface area contributed by atoms with Crippen LogP contribution in [0.15, 0.2) is 36.9 Å². The van der Waals surface area contributed by atoms with E-state index in [1.54, 1.807) is 0 Å². The number of rotatable bonds is 6. The monoisotopic (exact) mass is 215 g/mol. The minimum atomic E-state index is 0.622. The van der Waals surface area contributed by atoms with E-state index in [1.807, 2.05) is 6.07 Å². The molecular formula is C15H21N. The summed E-state index contributed by atoms with van der Waals surface area (Å²) in [6.07, 6.45) is 4.10. The fourth-order valence-electron chi connectivity index (χ4n) is 2.09. The minimum Gasteiger partial charge on any atom is -0.312 e. The summed E-state index contributed by atoms with van der Waals surface area (Å²) in [5, 5.41) is 3.54. The van der Waals surface area contributed by atoms with Gasteiger partial charge in [-0.1, -0.05) is 43.8 Å². The molecule has 0 saturated heterocycles. The van der Waals surface area contributed by atoms with E-state index in [4.69, 9.17) is 0 Å². The van der Waals surface area contributed by atoms with Gasteiger partial charge in [0.15, 0.2) is 0 Å². The van der Waals surface area contributed by atoms with Crippen LogP contribution in [0.4, 0.5) is 0 Å². The molecule has 1 aliphatic carbocycles. The van der Waals surface area contributed by atoms with E-state index in [9.17, 15) is 0 Å². The van der Waals surface area contributed by atoms with Gasteiger partial charge in [-0.15, -0.1) is 0 Å². The Kier molecular flexibility index (Phi) is 3.45. The van der Waals surface area contributed by atoms with Crippen LogP contribution in [-0.4, -0.2) is 13.1 Å². The Hall–Kier alpha value is -1.08. The molecule has 0 heterocycles. The fourth-order valence-corrected chi connectivity index (χ4v) is 2.09. The molecule has 86 valence electrons. The molecule has 0 spiro atoms. The predicted octanol–water partition coefficient (Wildman–Crippen LogP) is 3.48. The Labute approximate surface area is 98.6 Å². The van der Waals surface area contributed by atoms with Gasteiger partial charge in [0.25, 0.3) is 0 Å². The summed E-state index contributed by atoms with van der Waals surface area (Å²) in [5.74, 6) is 0. The average molecular weight is 215 g/mol. The molecule has 1 heteroatoms. The predicted molar refractivity (Wildman–Crippen MR) is 70.3 cm³/mol. The zero-order chi connectivity index (χ0) is 11.4. The second-order valence-corrected chi connectivity index (χ2v) is 4.93. The molecule has 2 rings (SSSR count). The molecular weight excluding hydrogens is 194 g/mol. The third kappa shape index (κ3) is 2.73. The summed E-state index contributed by atoms with van der Waals surface area (Å²) in [5.41, 5.74) is 3.06. The molecule has 16 heavy (non-hydrogen) atoms. The van der Waals surface area contributed by atoms with Crippen molar-refractivity contribution in [2.45, 2.75) is 26.2 Å². The van der Waals surface area contributed by atoms with E-state index in [-0.39, 0.29) is 0 Å². The first-order chi connectivity index (χ1) is 7.76. The smallest absolute Gasteiger partial charge is 0.0205 e. The van der Waals surface area contributed by atoms with Crippen LogP contribution in [-0.2, 0) is 0 Å². The molecule has 1 N–H and O–H groups in total. The number of benzene rings is 1. The maximum Gasteiger partial charge on any atom is 0.0205 e. The van der Waals surface area contributed by atoms with E-state index in [0.29, 0.717) is 5.41 Å². The summed E-state index contributed by atoms with van der Waals surface area (Å²) in [6, 6.07) is 10.4. The summed E-state index contributed by atoms with van der Waals surface area (Å²) in [7, 11) is 0. The van der Waals surface area contributed by atoms with E-state index in [0.717, 1.165) is 13.1 Å². The topological polar surface area (TPSA) is 12.0 Å². The van der Waals surface area contributed by atoms with Crippen molar-refractivity contribution in [1.82, 2.24) is 5.32 Å². The maximum atomic E-state index is 4.13. The molecule has 1 saturated carbocycles.